The van der Waals surface area contributed by atoms with Gasteiger partial charge in [-0.05, 0) is 43.3 Å². The second-order valence-corrected chi connectivity index (χ2v) is 5.22. The molecule has 0 unspecified atom stereocenters. The van der Waals surface area contributed by atoms with Crippen LogP contribution in [0.4, 0.5) is 0 Å². The predicted octanol–water partition coefficient (Wildman–Crippen LogP) is 3.76. The maximum Gasteiger partial charge on any atom is 0.179 e. The van der Waals surface area contributed by atoms with E-state index < -0.39 is 0 Å². The Morgan fingerprint density at radius 1 is 1.26 bits per heavy atom. The third kappa shape index (κ3) is 2.19. The number of aromatic nitrogens is 3. The highest BCUT2D eigenvalue weighted by molar-refractivity contribution is 7.71. The first-order valence-electron chi connectivity index (χ1n) is 6.25. The Morgan fingerprint density at radius 2 is 2.11 bits per heavy atom. The summed E-state index contributed by atoms with van der Waals surface area (Å²) in [5, 5.41) is 0. The fourth-order valence-electron chi connectivity index (χ4n) is 2.31. The van der Waals surface area contributed by atoms with Crippen molar-refractivity contribution in [2.24, 2.45) is 0 Å². The Hall–Kier alpha value is -1.94. The molecule has 0 saturated carbocycles. The van der Waals surface area contributed by atoms with Crippen LogP contribution in [-0.2, 0) is 6.54 Å². The van der Waals surface area contributed by atoms with Gasteiger partial charge >= 0.3 is 0 Å². The van der Waals surface area contributed by atoms with Crippen LogP contribution in [0.3, 0.4) is 0 Å². The number of hydrogen-bond donors (Lipinski definition) is 1. The molecule has 0 atom stereocenters. The van der Waals surface area contributed by atoms with Gasteiger partial charge < -0.3 is 4.98 Å². The summed E-state index contributed by atoms with van der Waals surface area (Å²) < 4.78 is 2.77. The van der Waals surface area contributed by atoms with E-state index in [1.54, 1.807) is 0 Å². The van der Waals surface area contributed by atoms with Gasteiger partial charge in [0.15, 0.2) is 10.4 Å². The molecule has 0 amide bonds. The van der Waals surface area contributed by atoms with E-state index in [4.69, 9.17) is 12.2 Å². The standard InChI is InChI=1S/C15H15N3S/c1-10-4-3-5-12(8-10)9-18-14-13(17-15(18)19)11(2)6-7-16-14/h3-8H,9H2,1-2H3,(H,17,19). The van der Waals surface area contributed by atoms with E-state index in [1.165, 1.54) is 16.7 Å². The van der Waals surface area contributed by atoms with Crippen LogP contribution in [0.15, 0.2) is 36.5 Å². The van der Waals surface area contributed by atoms with Crippen molar-refractivity contribution in [1.29, 1.82) is 0 Å². The maximum absolute atomic E-state index is 5.41. The topological polar surface area (TPSA) is 33.6 Å². The molecule has 0 bridgehead atoms. The van der Waals surface area contributed by atoms with Crippen LogP contribution in [-0.4, -0.2) is 14.5 Å². The third-order valence-corrected chi connectivity index (χ3v) is 3.62. The molecule has 0 spiro atoms. The molecule has 0 radical (unpaired) electrons. The Morgan fingerprint density at radius 3 is 2.89 bits per heavy atom. The van der Waals surface area contributed by atoms with Crippen molar-refractivity contribution >= 4 is 23.4 Å². The molecule has 2 heterocycles. The Bertz CT molecular complexity index is 799. The van der Waals surface area contributed by atoms with E-state index in [2.05, 4.69) is 48.1 Å². The normalized spacial score (nSPS) is 11.1. The van der Waals surface area contributed by atoms with E-state index in [1.807, 2.05) is 16.8 Å². The second-order valence-electron chi connectivity index (χ2n) is 4.83. The molecule has 1 N–H and O–H groups in total. The number of nitrogens with one attached hydrogen (secondary N) is 1. The van der Waals surface area contributed by atoms with Crippen LogP contribution in [0, 0.1) is 18.6 Å². The van der Waals surface area contributed by atoms with Gasteiger partial charge in [-0.2, -0.15) is 0 Å². The van der Waals surface area contributed by atoms with Crippen LogP contribution in [0.25, 0.3) is 11.2 Å². The Kier molecular flexibility index (Phi) is 2.95. The van der Waals surface area contributed by atoms with E-state index >= 15 is 0 Å². The van der Waals surface area contributed by atoms with Gasteiger partial charge in [0, 0.05) is 6.20 Å². The number of rotatable bonds is 2. The number of nitrogens with zero attached hydrogens (tertiary/aromatic N) is 2. The van der Waals surface area contributed by atoms with Gasteiger partial charge in [0.05, 0.1) is 12.1 Å². The molecule has 96 valence electrons. The highest BCUT2D eigenvalue weighted by atomic mass is 32.1. The van der Waals surface area contributed by atoms with Crippen molar-refractivity contribution in [2.75, 3.05) is 0 Å². The van der Waals surface area contributed by atoms with Crippen molar-refractivity contribution in [1.82, 2.24) is 14.5 Å². The lowest BCUT2D eigenvalue weighted by Crippen LogP contribution is -2.01. The number of hydrogen-bond acceptors (Lipinski definition) is 2. The lowest BCUT2D eigenvalue weighted by Gasteiger charge is -2.05. The number of fused-ring (bicyclic) bond motifs is 1. The van der Waals surface area contributed by atoms with Crippen molar-refractivity contribution in [3.8, 4) is 0 Å². The number of H-pyrrole nitrogens is 1. The molecule has 4 heteroatoms. The molecule has 3 rings (SSSR count). The van der Waals surface area contributed by atoms with E-state index in [9.17, 15) is 0 Å². The largest absolute Gasteiger partial charge is 0.329 e. The van der Waals surface area contributed by atoms with Crippen LogP contribution in [0.2, 0.25) is 0 Å². The van der Waals surface area contributed by atoms with Gasteiger partial charge in [-0.15, -0.1) is 0 Å². The maximum atomic E-state index is 5.41. The molecule has 0 fully saturated rings. The average Bonchev–Trinajstić information content (AvgIpc) is 2.69. The molecule has 0 saturated heterocycles. The lowest BCUT2D eigenvalue weighted by molar-refractivity contribution is 0.800. The fraction of sp³-hybridized carbons (Fsp3) is 0.200. The molecule has 2 aromatic heterocycles. The Balaban J connectivity index is 2.13. The minimum atomic E-state index is 0.721. The zero-order valence-corrected chi connectivity index (χ0v) is 11.8. The molecule has 0 aliphatic heterocycles. The first kappa shape index (κ1) is 12.1. The van der Waals surface area contributed by atoms with E-state index in [0.29, 0.717) is 0 Å². The molecule has 0 aliphatic rings. The first-order chi connectivity index (χ1) is 9.15. The van der Waals surface area contributed by atoms with E-state index in [-0.39, 0.29) is 0 Å². The zero-order valence-electron chi connectivity index (χ0n) is 11.0. The molecular weight excluding hydrogens is 254 g/mol. The van der Waals surface area contributed by atoms with Crippen LogP contribution in [0.5, 0.6) is 0 Å². The smallest absolute Gasteiger partial charge is 0.179 e. The van der Waals surface area contributed by atoms with Crippen molar-refractivity contribution in [3.05, 3.63) is 58.0 Å². The minimum absolute atomic E-state index is 0.721. The fourth-order valence-corrected chi connectivity index (χ4v) is 2.57. The summed E-state index contributed by atoms with van der Waals surface area (Å²) in [5.41, 5.74) is 5.61. The molecule has 0 aliphatic carbocycles. The summed E-state index contributed by atoms with van der Waals surface area (Å²) in [4.78, 5) is 7.69. The van der Waals surface area contributed by atoms with Gasteiger partial charge in [-0.25, -0.2) is 4.98 Å². The molecule has 1 aromatic carbocycles. The van der Waals surface area contributed by atoms with Gasteiger partial charge in [0.25, 0.3) is 0 Å². The first-order valence-corrected chi connectivity index (χ1v) is 6.65. The quantitative estimate of drug-likeness (QED) is 0.719. The Labute approximate surface area is 116 Å². The third-order valence-electron chi connectivity index (χ3n) is 3.30. The SMILES string of the molecule is Cc1cccc(Cn2c(=S)[nH]c3c(C)ccnc32)c1. The summed E-state index contributed by atoms with van der Waals surface area (Å²) in [6, 6.07) is 10.5. The van der Waals surface area contributed by atoms with Gasteiger partial charge in [-0.3, -0.25) is 4.57 Å². The summed E-state index contributed by atoms with van der Waals surface area (Å²) in [7, 11) is 0. The van der Waals surface area contributed by atoms with Gasteiger partial charge in [0.2, 0.25) is 0 Å². The minimum Gasteiger partial charge on any atom is -0.329 e. The highest BCUT2D eigenvalue weighted by Crippen LogP contribution is 2.17. The lowest BCUT2D eigenvalue weighted by atomic mass is 10.1. The van der Waals surface area contributed by atoms with Crippen LogP contribution in [0.1, 0.15) is 16.7 Å². The summed E-state index contributed by atoms with van der Waals surface area (Å²) in [6.45, 7) is 4.91. The molecule has 3 aromatic rings. The summed E-state index contributed by atoms with van der Waals surface area (Å²) >= 11 is 5.41. The summed E-state index contributed by atoms with van der Waals surface area (Å²) in [6.07, 6.45) is 1.83. The number of pyridine rings is 1. The number of benzene rings is 1. The predicted molar refractivity (Wildman–Crippen MR) is 79.9 cm³/mol. The molecular formula is C15H15N3S. The van der Waals surface area contributed by atoms with Crippen molar-refractivity contribution in [2.45, 2.75) is 20.4 Å². The van der Waals surface area contributed by atoms with Crippen LogP contribution >= 0.6 is 12.2 Å². The van der Waals surface area contributed by atoms with Gasteiger partial charge in [-0.1, -0.05) is 29.8 Å². The van der Waals surface area contributed by atoms with E-state index in [0.717, 1.165) is 22.5 Å². The highest BCUT2D eigenvalue weighted by Gasteiger charge is 2.07. The summed E-state index contributed by atoms with van der Waals surface area (Å²) in [5.74, 6) is 0. The zero-order chi connectivity index (χ0) is 13.4. The molecule has 19 heavy (non-hydrogen) atoms. The van der Waals surface area contributed by atoms with Crippen molar-refractivity contribution < 1.29 is 0 Å². The monoisotopic (exact) mass is 269 g/mol. The molecule has 3 nitrogen and oxygen atoms in total. The van der Waals surface area contributed by atoms with Crippen LogP contribution < -0.4 is 0 Å². The number of aryl methyl sites for hydroxylation is 2. The number of imidazole rings is 1. The van der Waals surface area contributed by atoms with Crippen molar-refractivity contribution in [3.63, 3.8) is 0 Å². The second kappa shape index (κ2) is 4.63. The average molecular weight is 269 g/mol. The number of aromatic amines is 1. The van der Waals surface area contributed by atoms with Gasteiger partial charge in [0.1, 0.15) is 0 Å².